The molecule has 1 N–H and O–H groups in total. The zero-order valence-corrected chi connectivity index (χ0v) is 10.1. The van der Waals surface area contributed by atoms with Gasteiger partial charge >= 0.3 is 5.97 Å². The lowest BCUT2D eigenvalue weighted by Crippen LogP contribution is -2.27. The molecule has 0 saturated heterocycles. The molecule has 2 aliphatic carbocycles. The molecule has 0 radical (unpaired) electrons. The monoisotopic (exact) mass is 222 g/mol. The maximum atomic E-state index is 10.8. The number of allylic oxidation sites excluding steroid dienone is 1. The van der Waals surface area contributed by atoms with Gasteiger partial charge in [0.1, 0.15) is 0 Å². The third kappa shape index (κ3) is 2.66. The number of carboxylic acids is 1. The summed E-state index contributed by atoms with van der Waals surface area (Å²) >= 11 is 0. The second-order valence-electron chi connectivity index (χ2n) is 5.53. The summed E-state index contributed by atoms with van der Waals surface area (Å²) < 4.78 is 0. The van der Waals surface area contributed by atoms with Gasteiger partial charge in [-0.3, -0.25) is 0 Å². The fourth-order valence-corrected chi connectivity index (χ4v) is 3.49. The van der Waals surface area contributed by atoms with Crippen LogP contribution >= 0.6 is 0 Å². The van der Waals surface area contributed by atoms with E-state index in [1.807, 2.05) is 6.08 Å². The number of carboxylic acid groups (broad SMARTS) is 1. The fourth-order valence-electron chi connectivity index (χ4n) is 3.49. The van der Waals surface area contributed by atoms with Crippen molar-refractivity contribution in [2.45, 2.75) is 51.9 Å². The topological polar surface area (TPSA) is 37.3 Å². The maximum Gasteiger partial charge on any atom is 0.330 e. The molecule has 0 aromatic heterocycles. The molecule has 2 nitrogen and oxygen atoms in total. The van der Waals surface area contributed by atoms with E-state index in [0.717, 1.165) is 11.8 Å². The summed E-state index contributed by atoms with van der Waals surface area (Å²) in [6, 6.07) is 0. The van der Waals surface area contributed by atoms with Gasteiger partial charge in [-0.15, -0.1) is 0 Å². The smallest absolute Gasteiger partial charge is 0.330 e. The van der Waals surface area contributed by atoms with Crippen LogP contribution in [0.4, 0.5) is 0 Å². The summed E-state index contributed by atoms with van der Waals surface area (Å²) in [6.07, 6.45) is 11.3. The molecule has 3 atom stereocenters. The molecule has 0 bridgehead atoms. The van der Waals surface area contributed by atoms with Crippen LogP contribution in [0.1, 0.15) is 51.9 Å². The van der Waals surface area contributed by atoms with Gasteiger partial charge in [-0.25, -0.2) is 4.79 Å². The van der Waals surface area contributed by atoms with Crippen molar-refractivity contribution in [2.75, 3.05) is 0 Å². The lowest BCUT2D eigenvalue weighted by atomic mass is 9.67. The van der Waals surface area contributed by atoms with Crippen molar-refractivity contribution >= 4 is 5.97 Å². The summed E-state index contributed by atoms with van der Waals surface area (Å²) in [4.78, 5) is 10.8. The van der Waals surface area contributed by atoms with Crippen LogP contribution in [0.25, 0.3) is 0 Å². The first-order valence-electron chi connectivity index (χ1n) is 6.58. The Morgan fingerprint density at radius 3 is 2.50 bits per heavy atom. The van der Waals surface area contributed by atoms with Crippen LogP contribution in [-0.4, -0.2) is 11.1 Å². The van der Waals surface area contributed by atoms with Gasteiger partial charge in [0.15, 0.2) is 0 Å². The van der Waals surface area contributed by atoms with E-state index in [1.165, 1.54) is 44.9 Å². The van der Waals surface area contributed by atoms with E-state index >= 15 is 0 Å². The predicted molar refractivity (Wildman–Crippen MR) is 64.2 cm³/mol. The highest BCUT2D eigenvalue weighted by molar-refractivity contribution is 5.85. The van der Waals surface area contributed by atoms with Crippen LogP contribution in [0, 0.1) is 17.8 Å². The first-order valence-corrected chi connectivity index (χ1v) is 6.58. The van der Waals surface area contributed by atoms with Gasteiger partial charge in [0.05, 0.1) is 0 Å². The lowest BCUT2D eigenvalue weighted by molar-refractivity contribution is -0.132. The molecule has 2 fully saturated rings. The van der Waals surface area contributed by atoms with Crippen LogP contribution < -0.4 is 0 Å². The molecule has 90 valence electrons. The van der Waals surface area contributed by atoms with Gasteiger partial charge in [-0.05, 0) is 43.9 Å². The Labute approximate surface area is 97.7 Å². The number of hydrogen-bond donors (Lipinski definition) is 1. The van der Waals surface area contributed by atoms with Crippen molar-refractivity contribution < 1.29 is 9.90 Å². The SMILES string of the molecule is C/C(=C\C1CCC2CCCCC2C1)C(=O)O. The standard InChI is InChI=1S/C14H22O2/c1-10(14(15)16)8-11-6-7-12-4-2-3-5-13(12)9-11/h8,11-13H,2-7,9H2,1H3,(H,15,16)/b10-8+. The predicted octanol–water partition coefficient (Wildman–Crippen LogP) is 3.62. The van der Waals surface area contributed by atoms with Gasteiger partial charge < -0.3 is 5.11 Å². The zero-order valence-electron chi connectivity index (χ0n) is 10.1. The molecule has 2 aliphatic rings. The van der Waals surface area contributed by atoms with Crippen molar-refractivity contribution in [3.05, 3.63) is 11.6 Å². The number of hydrogen-bond acceptors (Lipinski definition) is 1. The van der Waals surface area contributed by atoms with Crippen molar-refractivity contribution in [1.82, 2.24) is 0 Å². The van der Waals surface area contributed by atoms with E-state index in [-0.39, 0.29) is 0 Å². The van der Waals surface area contributed by atoms with Crippen molar-refractivity contribution in [3.63, 3.8) is 0 Å². The Kier molecular flexibility index (Phi) is 3.67. The molecule has 0 amide bonds. The van der Waals surface area contributed by atoms with Gasteiger partial charge in [-0.2, -0.15) is 0 Å². The maximum absolute atomic E-state index is 10.8. The second kappa shape index (κ2) is 5.03. The number of fused-ring (bicyclic) bond motifs is 1. The molecule has 3 unspecified atom stereocenters. The van der Waals surface area contributed by atoms with E-state index in [9.17, 15) is 4.79 Å². The summed E-state index contributed by atoms with van der Waals surface area (Å²) in [7, 11) is 0. The van der Waals surface area contributed by atoms with E-state index < -0.39 is 5.97 Å². The molecular formula is C14H22O2. The third-order valence-electron chi connectivity index (χ3n) is 4.40. The number of carbonyl (C=O) groups is 1. The second-order valence-corrected chi connectivity index (χ2v) is 5.53. The first kappa shape index (κ1) is 11.7. The van der Waals surface area contributed by atoms with Gasteiger partial charge in [-0.1, -0.05) is 31.8 Å². The molecule has 2 rings (SSSR count). The molecule has 0 heterocycles. The highest BCUT2D eigenvalue weighted by atomic mass is 16.4. The molecular weight excluding hydrogens is 200 g/mol. The van der Waals surface area contributed by atoms with Crippen molar-refractivity contribution in [2.24, 2.45) is 17.8 Å². The first-order chi connectivity index (χ1) is 7.66. The lowest BCUT2D eigenvalue weighted by Gasteiger charge is -2.38. The fraction of sp³-hybridized carbons (Fsp3) is 0.786. The van der Waals surface area contributed by atoms with Gasteiger partial charge in [0.2, 0.25) is 0 Å². The molecule has 2 heteroatoms. The Morgan fingerprint density at radius 1 is 1.12 bits per heavy atom. The van der Waals surface area contributed by atoms with Gasteiger partial charge in [0.25, 0.3) is 0 Å². The highest BCUT2D eigenvalue weighted by Crippen LogP contribution is 2.43. The Hall–Kier alpha value is -0.790. The van der Waals surface area contributed by atoms with Gasteiger partial charge in [0, 0.05) is 5.57 Å². The number of rotatable bonds is 2. The molecule has 0 aromatic carbocycles. The van der Waals surface area contributed by atoms with E-state index in [2.05, 4.69) is 0 Å². The average Bonchev–Trinajstić information content (AvgIpc) is 2.28. The van der Waals surface area contributed by atoms with E-state index in [0.29, 0.717) is 11.5 Å². The molecule has 0 aliphatic heterocycles. The van der Waals surface area contributed by atoms with Crippen LogP contribution in [-0.2, 0) is 4.79 Å². The minimum atomic E-state index is -0.759. The Balaban J connectivity index is 1.94. The minimum Gasteiger partial charge on any atom is -0.478 e. The average molecular weight is 222 g/mol. The number of aliphatic carboxylic acids is 1. The van der Waals surface area contributed by atoms with Crippen molar-refractivity contribution in [1.29, 1.82) is 0 Å². The third-order valence-corrected chi connectivity index (χ3v) is 4.40. The molecule has 16 heavy (non-hydrogen) atoms. The van der Waals surface area contributed by atoms with Crippen LogP contribution in [0.15, 0.2) is 11.6 Å². The molecule has 2 saturated carbocycles. The Morgan fingerprint density at radius 2 is 1.81 bits per heavy atom. The zero-order chi connectivity index (χ0) is 11.5. The quantitative estimate of drug-likeness (QED) is 0.724. The summed E-state index contributed by atoms with van der Waals surface area (Å²) in [5.41, 5.74) is 0.527. The van der Waals surface area contributed by atoms with E-state index in [1.54, 1.807) is 6.92 Å². The van der Waals surface area contributed by atoms with Crippen LogP contribution in [0.3, 0.4) is 0 Å². The summed E-state index contributed by atoms with van der Waals surface area (Å²) in [5.74, 6) is 1.59. The van der Waals surface area contributed by atoms with Crippen molar-refractivity contribution in [3.8, 4) is 0 Å². The van der Waals surface area contributed by atoms with E-state index in [4.69, 9.17) is 5.11 Å². The molecule has 0 spiro atoms. The largest absolute Gasteiger partial charge is 0.478 e. The molecule has 0 aromatic rings. The summed E-state index contributed by atoms with van der Waals surface area (Å²) in [5, 5.41) is 8.88. The van der Waals surface area contributed by atoms with Crippen LogP contribution in [0.2, 0.25) is 0 Å². The minimum absolute atomic E-state index is 0.524. The summed E-state index contributed by atoms with van der Waals surface area (Å²) in [6.45, 7) is 1.72. The normalized spacial score (nSPS) is 35.6. The van der Waals surface area contributed by atoms with Crippen LogP contribution in [0.5, 0.6) is 0 Å². The highest BCUT2D eigenvalue weighted by Gasteiger charge is 2.31. The Bertz CT molecular complexity index is 293.